The molecule has 0 amide bonds. The predicted octanol–water partition coefficient (Wildman–Crippen LogP) is 1.39. The lowest BCUT2D eigenvalue weighted by molar-refractivity contribution is -0.497. The first kappa shape index (κ1) is 11.1. The van der Waals surface area contributed by atoms with Gasteiger partial charge in [-0.05, 0) is 18.2 Å². The standard InChI is InChI=1S/C12H10N4O/c13-8-9-2-1-3-10(6-9)15-12-7-11(16-17)4-5-14-12/h1-7H,16H2,(H,14,15). The van der Waals surface area contributed by atoms with E-state index in [0.29, 0.717) is 17.1 Å². The summed E-state index contributed by atoms with van der Waals surface area (Å²) in [6.07, 6.45) is 1.56. The van der Waals surface area contributed by atoms with Gasteiger partial charge in [0.05, 0.1) is 11.6 Å². The van der Waals surface area contributed by atoms with Gasteiger partial charge in [0.1, 0.15) is 11.5 Å². The molecule has 1 aromatic heterocycles. The van der Waals surface area contributed by atoms with Gasteiger partial charge in [-0.2, -0.15) is 5.26 Å². The number of rotatable bonds is 3. The first-order valence-electron chi connectivity index (χ1n) is 5.00. The summed E-state index contributed by atoms with van der Waals surface area (Å²) in [4.78, 5) is 4.09. The summed E-state index contributed by atoms with van der Waals surface area (Å²) in [7, 11) is 0. The molecule has 0 bridgehead atoms. The van der Waals surface area contributed by atoms with Crippen LogP contribution in [0.25, 0.3) is 0 Å². The quantitative estimate of drug-likeness (QED) is 0.774. The number of aromatic nitrogens is 1. The summed E-state index contributed by atoms with van der Waals surface area (Å²) in [5.74, 6) is 0.574. The molecule has 2 rings (SSSR count). The highest BCUT2D eigenvalue weighted by Gasteiger charge is 1.99. The molecule has 3 N–H and O–H groups in total. The van der Waals surface area contributed by atoms with Crippen LogP contribution in [0.4, 0.5) is 17.2 Å². The zero-order valence-electron chi connectivity index (χ0n) is 8.92. The van der Waals surface area contributed by atoms with Gasteiger partial charge in [-0.25, -0.2) is 4.98 Å². The summed E-state index contributed by atoms with van der Waals surface area (Å²) < 4.78 is 0. The number of pyridine rings is 1. The van der Waals surface area contributed by atoms with Crippen molar-refractivity contribution < 1.29 is 5.48 Å². The minimum Gasteiger partial charge on any atom is -0.630 e. The molecule has 0 unspecified atom stereocenters. The number of benzene rings is 1. The van der Waals surface area contributed by atoms with Crippen molar-refractivity contribution in [2.24, 2.45) is 0 Å². The van der Waals surface area contributed by atoms with E-state index in [4.69, 9.17) is 5.26 Å². The second kappa shape index (κ2) is 5.07. The zero-order chi connectivity index (χ0) is 12.1. The molecule has 1 aromatic carbocycles. The minimum absolute atomic E-state index is 0.555. The molecule has 0 aliphatic heterocycles. The molecule has 0 aliphatic carbocycles. The van der Waals surface area contributed by atoms with E-state index < -0.39 is 0 Å². The molecule has 0 saturated carbocycles. The Labute approximate surface area is 98.3 Å². The summed E-state index contributed by atoms with van der Waals surface area (Å²) in [6.45, 7) is 0. The Morgan fingerprint density at radius 1 is 1.29 bits per heavy atom. The van der Waals surface area contributed by atoms with Crippen molar-refractivity contribution in [3.63, 3.8) is 0 Å². The van der Waals surface area contributed by atoms with Gasteiger partial charge < -0.3 is 16.0 Å². The van der Waals surface area contributed by atoms with Crippen molar-refractivity contribution in [2.45, 2.75) is 0 Å². The van der Waals surface area contributed by atoms with Gasteiger partial charge in [-0.15, -0.1) is 0 Å². The molecule has 0 fully saturated rings. The number of nitrogens with two attached hydrogens (primary N) is 1. The van der Waals surface area contributed by atoms with E-state index in [-0.39, 0.29) is 0 Å². The molecule has 0 aliphatic rings. The van der Waals surface area contributed by atoms with E-state index in [0.717, 1.165) is 11.2 Å². The number of nitrogens with zero attached hydrogens (tertiary/aromatic N) is 2. The lowest BCUT2D eigenvalue weighted by Gasteiger charge is -2.07. The SMILES string of the molecule is N#Cc1cccc(Nc2cc([NH2+][O-])ccn2)c1. The second-order valence-electron chi connectivity index (χ2n) is 3.41. The van der Waals surface area contributed by atoms with Crippen LogP contribution in [0.15, 0.2) is 42.6 Å². The van der Waals surface area contributed by atoms with Crippen LogP contribution in [-0.4, -0.2) is 4.98 Å². The van der Waals surface area contributed by atoms with E-state index >= 15 is 0 Å². The van der Waals surface area contributed by atoms with Crippen molar-refractivity contribution >= 4 is 17.2 Å². The maximum absolute atomic E-state index is 10.6. The third kappa shape index (κ3) is 2.78. The Morgan fingerprint density at radius 3 is 2.94 bits per heavy atom. The van der Waals surface area contributed by atoms with E-state index in [9.17, 15) is 5.21 Å². The van der Waals surface area contributed by atoms with Crippen molar-refractivity contribution in [1.82, 2.24) is 4.98 Å². The van der Waals surface area contributed by atoms with Crippen LogP contribution in [-0.2, 0) is 0 Å². The molecular weight excluding hydrogens is 216 g/mol. The van der Waals surface area contributed by atoms with Gasteiger partial charge in [0, 0.05) is 24.0 Å². The van der Waals surface area contributed by atoms with Crippen molar-refractivity contribution in [3.8, 4) is 6.07 Å². The molecule has 0 atom stereocenters. The van der Waals surface area contributed by atoms with E-state index in [1.165, 1.54) is 0 Å². The molecule has 0 saturated heterocycles. The molecule has 1 heterocycles. The Hall–Kier alpha value is -2.42. The van der Waals surface area contributed by atoms with Gasteiger partial charge in [-0.3, -0.25) is 0 Å². The van der Waals surface area contributed by atoms with Crippen molar-refractivity contribution in [1.29, 1.82) is 5.26 Å². The van der Waals surface area contributed by atoms with Crippen molar-refractivity contribution in [2.75, 3.05) is 5.32 Å². The van der Waals surface area contributed by atoms with Crippen LogP contribution >= 0.6 is 0 Å². The van der Waals surface area contributed by atoms with E-state index in [2.05, 4.69) is 16.4 Å². The molecular formula is C12H10N4O. The molecule has 84 valence electrons. The average molecular weight is 226 g/mol. The van der Waals surface area contributed by atoms with Gasteiger partial charge in [0.15, 0.2) is 0 Å². The minimum atomic E-state index is 0.555. The van der Waals surface area contributed by atoms with Crippen LogP contribution in [0.1, 0.15) is 5.56 Å². The fraction of sp³-hybridized carbons (Fsp3) is 0. The first-order valence-corrected chi connectivity index (χ1v) is 5.00. The summed E-state index contributed by atoms with van der Waals surface area (Å²) in [6, 6.07) is 12.4. The van der Waals surface area contributed by atoms with Gasteiger partial charge >= 0.3 is 0 Å². The fourth-order valence-corrected chi connectivity index (χ4v) is 1.40. The smallest absolute Gasteiger partial charge is 0.136 e. The summed E-state index contributed by atoms with van der Waals surface area (Å²) in [5, 5.41) is 22.4. The number of nitrogens with one attached hydrogen (secondary N) is 1. The fourth-order valence-electron chi connectivity index (χ4n) is 1.40. The Balaban J connectivity index is 2.22. The van der Waals surface area contributed by atoms with Gasteiger partial charge in [0.25, 0.3) is 0 Å². The molecule has 2 aromatic rings. The van der Waals surface area contributed by atoms with Crippen LogP contribution in [0.5, 0.6) is 0 Å². The molecule has 0 spiro atoms. The zero-order valence-corrected chi connectivity index (χ0v) is 8.92. The highest BCUT2D eigenvalue weighted by molar-refractivity contribution is 5.60. The predicted molar refractivity (Wildman–Crippen MR) is 63.6 cm³/mol. The Bertz CT molecular complexity index is 562. The maximum atomic E-state index is 10.6. The molecule has 5 nitrogen and oxygen atoms in total. The molecule has 5 heteroatoms. The number of anilines is 2. The summed E-state index contributed by atoms with van der Waals surface area (Å²) >= 11 is 0. The number of quaternary nitrogens is 1. The lowest BCUT2D eigenvalue weighted by Crippen LogP contribution is -2.70. The topological polar surface area (TPSA) is 88.4 Å². The van der Waals surface area contributed by atoms with Crippen LogP contribution in [0, 0.1) is 16.5 Å². The number of nitriles is 1. The third-order valence-electron chi connectivity index (χ3n) is 2.18. The Kier molecular flexibility index (Phi) is 3.31. The van der Waals surface area contributed by atoms with E-state index in [1.54, 1.807) is 36.5 Å². The van der Waals surface area contributed by atoms with E-state index in [1.807, 2.05) is 6.07 Å². The molecule has 17 heavy (non-hydrogen) atoms. The van der Waals surface area contributed by atoms with Crippen LogP contribution in [0.2, 0.25) is 0 Å². The number of hydrogen-bond donors (Lipinski definition) is 2. The molecule has 0 radical (unpaired) electrons. The van der Waals surface area contributed by atoms with Crippen LogP contribution < -0.4 is 10.8 Å². The number of hydrogen-bond acceptors (Lipinski definition) is 4. The second-order valence-corrected chi connectivity index (χ2v) is 3.41. The monoisotopic (exact) mass is 226 g/mol. The summed E-state index contributed by atoms with van der Waals surface area (Å²) in [5.41, 5.74) is 2.65. The van der Waals surface area contributed by atoms with Crippen LogP contribution in [0.3, 0.4) is 0 Å². The normalized spacial score (nSPS) is 9.65. The maximum Gasteiger partial charge on any atom is 0.136 e. The highest BCUT2D eigenvalue weighted by atomic mass is 16.5. The average Bonchev–Trinajstić information content (AvgIpc) is 2.39. The lowest BCUT2D eigenvalue weighted by atomic mass is 10.2. The van der Waals surface area contributed by atoms with Crippen molar-refractivity contribution in [3.05, 3.63) is 53.4 Å². The van der Waals surface area contributed by atoms with Gasteiger partial charge in [0.2, 0.25) is 0 Å². The third-order valence-corrected chi connectivity index (χ3v) is 2.18. The Morgan fingerprint density at radius 2 is 2.18 bits per heavy atom. The first-order chi connectivity index (χ1) is 8.31. The highest BCUT2D eigenvalue weighted by Crippen LogP contribution is 2.16. The largest absolute Gasteiger partial charge is 0.630 e. The van der Waals surface area contributed by atoms with Gasteiger partial charge in [-0.1, -0.05) is 6.07 Å².